The highest BCUT2D eigenvalue weighted by Gasteiger charge is 2.07. The maximum absolute atomic E-state index is 5.60. The van der Waals surface area contributed by atoms with Crippen LogP contribution in [-0.2, 0) is 6.54 Å². The predicted molar refractivity (Wildman–Crippen MR) is 80.0 cm³/mol. The zero-order valence-corrected chi connectivity index (χ0v) is 12.7. The maximum atomic E-state index is 5.60. The number of ether oxygens (including phenoxy) is 2. The van der Waals surface area contributed by atoms with Crippen LogP contribution in [0.5, 0.6) is 11.5 Å². The van der Waals surface area contributed by atoms with Crippen molar-refractivity contribution in [2.24, 2.45) is 0 Å². The molecule has 0 heterocycles. The molecule has 3 heteroatoms. The minimum Gasteiger partial charge on any atom is -0.493 e. The van der Waals surface area contributed by atoms with Gasteiger partial charge in [0, 0.05) is 12.6 Å². The highest BCUT2D eigenvalue weighted by molar-refractivity contribution is 5.42. The third-order valence-electron chi connectivity index (χ3n) is 3.25. The van der Waals surface area contributed by atoms with Crippen molar-refractivity contribution >= 4 is 0 Å². The van der Waals surface area contributed by atoms with E-state index in [0.29, 0.717) is 12.6 Å². The van der Waals surface area contributed by atoms with Gasteiger partial charge in [0.1, 0.15) is 0 Å². The summed E-state index contributed by atoms with van der Waals surface area (Å²) in [6.45, 7) is 7.97. The molecule has 108 valence electrons. The summed E-state index contributed by atoms with van der Waals surface area (Å²) >= 11 is 0. The van der Waals surface area contributed by atoms with Gasteiger partial charge in [-0.1, -0.05) is 26.3 Å². The molecule has 1 aromatic carbocycles. The van der Waals surface area contributed by atoms with Gasteiger partial charge in [0.2, 0.25) is 0 Å². The molecule has 0 amide bonds. The van der Waals surface area contributed by atoms with E-state index in [1.807, 2.05) is 13.0 Å². The van der Waals surface area contributed by atoms with Crippen molar-refractivity contribution in [1.82, 2.24) is 5.32 Å². The Morgan fingerprint density at radius 2 is 1.95 bits per heavy atom. The Bertz CT molecular complexity index is 366. The van der Waals surface area contributed by atoms with Gasteiger partial charge >= 0.3 is 0 Å². The third kappa shape index (κ3) is 5.11. The summed E-state index contributed by atoms with van der Waals surface area (Å²) in [4.78, 5) is 0. The molecule has 19 heavy (non-hydrogen) atoms. The van der Waals surface area contributed by atoms with E-state index in [1.165, 1.54) is 24.8 Å². The van der Waals surface area contributed by atoms with Crippen molar-refractivity contribution in [1.29, 1.82) is 0 Å². The molecule has 1 N–H and O–H groups in total. The predicted octanol–water partition coefficient (Wildman–Crippen LogP) is 3.76. The number of benzene rings is 1. The lowest BCUT2D eigenvalue weighted by Gasteiger charge is -2.17. The third-order valence-corrected chi connectivity index (χ3v) is 3.25. The second-order valence-corrected chi connectivity index (χ2v) is 4.69. The van der Waals surface area contributed by atoms with E-state index in [1.54, 1.807) is 7.11 Å². The van der Waals surface area contributed by atoms with Crippen molar-refractivity contribution < 1.29 is 9.47 Å². The van der Waals surface area contributed by atoms with Crippen LogP contribution in [0, 0.1) is 0 Å². The number of hydrogen-bond acceptors (Lipinski definition) is 3. The standard InChI is InChI=1S/C16H27NO2/c1-5-8-14(6-2)17-12-13-9-10-15(18-4)16(11-13)19-7-3/h9-11,14,17H,5-8,12H2,1-4H3. The lowest BCUT2D eigenvalue weighted by molar-refractivity contribution is 0.310. The molecule has 0 saturated heterocycles. The summed E-state index contributed by atoms with van der Waals surface area (Å²) in [5, 5.41) is 3.60. The Morgan fingerprint density at radius 3 is 2.53 bits per heavy atom. The number of hydrogen-bond donors (Lipinski definition) is 1. The zero-order valence-electron chi connectivity index (χ0n) is 12.7. The smallest absolute Gasteiger partial charge is 0.161 e. The van der Waals surface area contributed by atoms with Crippen LogP contribution in [-0.4, -0.2) is 19.8 Å². The van der Waals surface area contributed by atoms with Gasteiger partial charge in [-0.25, -0.2) is 0 Å². The first-order chi connectivity index (χ1) is 9.24. The van der Waals surface area contributed by atoms with E-state index in [9.17, 15) is 0 Å². The van der Waals surface area contributed by atoms with E-state index < -0.39 is 0 Å². The molecule has 0 aliphatic heterocycles. The van der Waals surface area contributed by atoms with Crippen molar-refractivity contribution in [2.45, 2.75) is 52.6 Å². The van der Waals surface area contributed by atoms with E-state index in [0.717, 1.165) is 18.0 Å². The van der Waals surface area contributed by atoms with Gasteiger partial charge in [-0.15, -0.1) is 0 Å². The fourth-order valence-corrected chi connectivity index (χ4v) is 2.16. The van der Waals surface area contributed by atoms with Gasteiger partial charge in [0.25, 0.3) is 0 Å². The second kappa shape index (κ2) is 8.81. The summed E-state index contributed by atoms with van der Waals surface area (Å²) in [6, 6.07) is 6.73. The summed E-state index contributed by atoms with van der Waals surface area (Å²) in [5.41, 5.74) is 1.24. The number of nitrogens with one attached hydrogen (secondary N) is 1. The summed E-state index contributed by atoms with van der Waals surface area (Å²) < 4.78 is 10.9. The average molecular weight is 265 g/mol. The summed E-state index contributed by atoms with van der Waals surface area (Å²) in [6.07, 6.45) is 3.62. The number of methoxy groups -OCH3 is 1. The van der Waals surface area contributed by atoms with Crippen LogP contribution in [0.3, 0.4) is 0 Å². The lowest BCUT2D eigenvalue weighted by atomic mass is 10.1. The maximum Gasteiger partial charge on any atom is 0.161 e. The molecule has 0 aliphatic carbocycles. The van der Waals surface area contributed by atoms with E-state index in [2.05, 4.69) is 31.3 Å². The first-order valence-corrected chi connectivity index (χ1v) is 7.28. The van der Waals surface area contributed by atoms with Crippen LogP contribution in [0.25, 0.3) is 0 Å². The highest BCUT2D eigenvalue weighted by atomic mass is 16.5. The molecule has 1 atom stereocenters. The molecule has 0 fully saturated rings. The Morgan fingerprint density at radius 1 is 1.16 bits per heavy atom. The second-order valence-electron chi connectivity index (χ2n) is 4.69. The fourth-order valence-electron chi connectivity index (χ4n) is 2.16. The molecule has 0 saturated carbocycles. The van der Waals surface area contributed by atoms with E-state index >= 15 is 0 Å². The first kappa shape index (κ1) is 15.8. The van der Waals surface area contributed by atoms with Crippen LogP contribution in [0.15, 0.2) is 18.2 Å². The lowest BCUT2D eigenvalue weighted by Crippen LogP contribution is -2.27. The fraction of sp³-hybridized carbons (Fsp3) is 0.625. The Hall–Kier alpha value is -1.22. The number of rotatable bonds is 9. The van der Waals surface area contributed by atoms with E-state index in [4.69, 9.17) is 9.47 Å². The van der Waals surface area contributed by atoms with Gasteiger partial charge in [-0.05, 0) is 37.5 Å². The molecule has 0 spiro atoms. The average Bonchev–Trinajstić information content (AvgIpc) is 2.44. The van der Waals surface area contributed by atoms with E-state index in [-0.39, 0.29) is 0 Å². The summed E-state index contributed by atoms with van der Waals surface area (Å²) in [5.74, 6) is 1.62. The summed E-state index contributed by atoms with van der Waals surface area (Å²) in [7, 11) is 1.67. The molecule has 1 aromatic rings. The minimum absolute atomic E-state index is 0.600. The van der Waals surface area contributed by atoms with Crippen LogP contribution in [0.1, 0.15) is 45.6 Å². The van der Waals surface area contributed by atoms with Gasteiger partial charge in [-0.2, -0.15) is 0 Å². The topological polar surface area (TPSA) is 30.5 Å². The van der Waals surface area contributed by atoms with Gasteiger partial charge in [0.15, 0.2) is 11.5 Å². The molecule has 0 aliphatic rings. The van der Waals surface area contributed by atoms with Crippen molar-refractivity contribution in [2.75, 3.05) is 13.7 Å². The van der Waals surface area contributed by atoms with Crippen molar-refractivity contribution in [3.05, 3.63) is 23.8 Å². The molecule has 3 nitrogen and oxygen atoms in total. The van der Waals surface area contributed by atoms with Gasteiger partial charge < -0.3 is 14.8 Å². The first-order valence-electron chi connectivity index (χ1n) is 7.28. The minimum atomic E-state index is 0.600. The van der Waals surface area contributed by atoms with Crippen LogP contribution < -0.4 is 14.8 Å². The Labute approximate surface area is 117 Å². The quantitative estimate of drug-likeness (QED) is 0.737. The highest BCUT2D eigenvalue weighted by Crippen LogP contribution is 2.28. The zero-order chi connectivity index (χ0) is 14.1. The Kier molecular flexibility index (Phi) is 7.34. The van der Waals surface area contributed by atoms with Crippen LogP contribution in [0.4, 0.5) is 0 Å². The SMILES string of the molecule is CCCC(CC)NCc1ccc(OC)c(OCC)c1. The molecule has 0 bridgehead atoms. The normalized spacial score (nSPS) is 12.2. The molecular weight excluding hydrogens is 238 g/mol. The largest absolute Gasteiger partial charge is 0.493 e. The van der Waals surface area contributed by atoms with Crippen molar-refractivity contribution in [3.8, 4) is 11.5 Å². The van der Waals surface area contributed by atoms with Crippen LogP contribution in [0.2, 0.25) is 0 Å². The van der Waals surface area contributed by atoms with Crippen LogP contribution >= 0.6 is 0 Å². The van der Waals surface area contributed by atoms with Gasteiger partial charge in [-0.3, -0.25) is 0 Å². The molecule has 0 aromatic heterocycles. The molecule has 1 rings (SSSR count). The molecule has 1 unspecified atom stereocenters. The Balaban J connectivity index is 2.65. The molecule has 0 radical (unpaired) electrons. The monoisotopic (exact) mass is 265 g/mol. The van der Waals surface area contributed by atoms with Gasteiger partial charge in [0.05, 0.1) is 13.7 Å². The molecular formula is C16H27NO2. The van der Waals surface area contributed by atoms with Crippen molar-refractivity contribution in [3.63, 3.8) is 0 Å².